The van der Waals surface area contributed by atoms with E-state index in [-0.39, 0.29) is 17.8 Å². The Bertz CT molecular complexity index is 827. The Kier molecular flexibility index (Phi) is 5.46. The molecule has 1 amide bonds. The second kappa shape index (κ2) is 8.03. The number of carbonyl (C=O) groups is 2. The number of benzene rings is 1. The first-order valence-electron chi connectivity index (χ1n) is 10.4. The third-order valence-electron chi connectivity index (χ3n) is 6.50. The van der Waals surface area contributed by atoms with Gasteiger partial charge < -0.3 is 19.9 Å². The standard InChI is InChI=1S/C23H29N3O3/c1-17-8-6-7-11-19(17)20(21(27)29-2)25-16-26(18-9-4-3-5-10-18)23(22(25)28)12-14-24-15-13-23/h3-7,9-11,17,20,24H,8,12-16H2,1-2H3/t17?,20-/m0/s1. The van der Waals surface area contributed by atoms with Crippen molar-refractivity contribution in [1.29, 1.82) is 0 Å². The lowest BCUT2D eigenvalue weighted by molar-refractivity contribution is -0.151. The molecule has 0 aromatic heterocycles. The summed E-state index contributed by atoms with van der Waals surface area (Å²) in [6.45, 7) is 4.05. The highest BCUT2D eigenvalue weighted by Crippen LogP contribution is 2.40. The van der Waals surface area contributed by atoms with Crippen molar-refractivity contribution >= 4 is 17.6 Å². The molecule has 2 heterocycles. The summed E-state index contributed by atoms with van der Waals surface area (Å²) in [5.41, 5.74) is 1.35. The zero-order valence-corrected chi connectivity index (χ0v) is 17.1. The normalized spacial score (nSPS) is 24.6. The predicted octanol–water partition coefficient (Wildman–Crippen LogP) is 2.48. The summed E-state index contributed by atoms with van der Waals surface area (Å²) in [5.74, 6) is -0.154. The maximum absolute atomic E-state index is 13.9. The lowest BCUT2D eigenvalue weighted by Crippen LogP contribution is -2.56. The lowest BCUT2D eigenvalue weighted by atomic mass is 9.84. The van der Waals surface area contributed by atoms with Gasteiger partial charge in [-0.05, 0) is 56.0 Å². The van der Waals surface area contributed by atoms with Crippen molar-refractivity contribution in [3.05, 3.63) is 54.1 Å². The average Bonchev–Trinajstić information content (AvgIpc) is 3.02. The van der Waals surface area contributed by atoms with Crippen molar-refractivity contribution in [3.8, 4) is 0 Å². The molecule has 6 heteroatoms. The van der Waals surface area contributed by atoms with E-state index in [0.717, 1.165) is 43.6 Å². The molecule has 2 atom stereocenters. The Hall–Kier alpha value is -2.60. The van der Waals surface area contributed by atoms with Crippen LogP contribution in [0, 0.1) is 5.92 Å². The summed E-state index contributed by atoms with van der Waals surface area (Å²) in [7, 11) is 1.40. The molecular weight excluding hydrogens is 366 g/mol. The Balaban J connectivity index is 1.76. The SMILES string of the molecule is COC(=O)[C@H](C1=CC=CCC1C)N1CN(c2ccccc2)C2(CCNCC2)C1=O. The summed E-state index contributed by atoms with van der Waals surface area (Å²) >= 11 is 0. The summed E-state index contributed by atoms with van der Waals surface area (Å²) in [6, 6.07) is 9.36. The molecule has 0 radical (unpaired) electrons. The second-order valence-electron chi connectivity index (χ2n) is 8.12. The van der Waals surface area contributed by atoms with Gasteiger partial charge in [0.2, 0.25) is 0 Å². The number of rotatable bonds is 4. The van der Waals surface area contributed by atoms with E-state index < -0.39 is 11.6 Å². The number of methoxy groups -OCH3 is 1. The van der Waals surface area contributed by atoms with Crippen LogP contribution < -0.4 is 10.2 Å². The number of hydrogen-bond donors (Lipinski definition) is 1. The van der Waals surface area contributed by atoms with Crippen LogP contribution in [-0.2, 0) is 14.3 Å². The van der Waals surface area contributed by atoms with Crippen molar-refractivity contribution in [2.45, 2.75) is 37.8 Å². The van der Waals surface area contributed by atoms with Gasteiger partial charge >= 0.3 is 5.97 Å². The molecule has 0 saturated carbocycles. The van der Waals surface area contributed by atoms with Crippen LogP contribution in [-0.4, -0.2) is 55.2 Å². The summed E-state index contributed by atoms with van der Waals surface area (Å²) in [5, 5.41) is 3.37. The molecule has 1 aliphatic carbocycles. The van der Waals surface area contributed by atoms with E-state index in [1.165, 1.54) is 7.11 Å². The van der Waals surface area contributed by atoms with Crippen LogP contribution in [0.4, 0.5) is 5.69 Å². The van der Waals surface area contributed by atoms with Crippen LogP contribution >= 0.6 is 0 Å². The number of carbonyl (C=O) groups excluding carboxylic acids is 2. The third-order valence-corrected chi connectivity index (χ3v) is 6.50. The Morgan fingerprint density at radius 2 is 1.97 bits per heavy atom. The van der Waals surface area contributed by atoms with Gasteiger partial charge in [-0.2, -0.15) is 0 Å². The largest absolute Gasteiger partial charge is 0.467 e. The van der Waals surface area contributed by atoms with Crippen LogP contribution in [0.2, 0.25) is 0 Å². The minimum atomic E-state index is -0.687. The molecule has 4 rings (SSSR count). The van der Waals surface area contributed by atoms with Gasteiger partial charge in [0.25, 0.3) is 5.91 Å². The van der Waals surface area contributed by atoms with Crippen molar-refractivity contribution in [2.24, 2.45) is 5.92 Å². The van der Waals surface area contributed by atoms with Gasteiger partial charge in [0.1, 0.15) is 5.54 Å². The average molecular weight is 396 g/mol. The van der Waals surface area contributed by atoms with Gasteiger partial charge in [-0.3, -0.25) is 4.79 Å². The number of ether oxygens (including phenoxy) is 1. The van der Waals surface area contributed by atoms with Crippen LogP contribution in [0.3, 0.4) is 0 Å². The molecule has 1 N–H and O–H groups in total. The highest BCUT2D eigenvalue weighted by Gasteiger charge is 2.56. The molecule has 6 nitrogen and oxygen atoms in total. The summed E-state index contributed by atoms with van der Waals surface area (Å²) in [4.78, 5) is 30.7. The number of piperidine rings is 1. The second-order valence-corrected chi connectivity index (χ2v) is 8.12. The van der Waals surface area contributed by atoms with E-state index >= 15 is 0 Å². The third kappa shape index (κ3) is 3.35. The molecule has 2 fully saturated rings. The first-order valence-corrected chi connectivity index (χ1v) is 10.4. The number of hydrogen-bond acceptors (Lipinski definition) is 5. The van der Waals surface area contributed by atoms with Gasteiger partial charge in [0, 0.05) is 5.69 Å². The quantitative estimate of drug-likeness (QED) is 0.794. The van der Waals surface area contributed by atoms with Gasteiger partial charge in [-0.15, -0.1) is 0 Å². The number of nitrogens with one attached hydrogen (secondary N) is 1. The van der Waals surface area contributed by atoms with E-state index in [1.807, 2.05) is 42.5 Å². The number of para-hydroxylation sites is 1. The molecule has 1 aromatic carbocycles. The summed E-state index contributed by atoms with van der Waals surface area (Å²) in [6.07, 6.45) is 8.35. The minimum absolute atomic E-state index is 0.0286. The highest BCUT2D eigenvalue weighted by molar-refractivity contribution is 5.97. The number of nitrogens with zero attached hydrogens (tertiary/aromatic N) is 2. The first-order chi connectivity index (χ1) is 14.1. The number of amides is 1. The minimum Gasteiger partial charge on any atom is -0.467 e. The first kappa shape index (κ1) is 19.7. The fraction of sp³-hybridized carbons (Fsp3) is 0.478. The van der Waals surface area contributed by atoms with E-state index in [1.54, 1.807) is 4.90 Å². The monoisotopic (exact) mass is 395 g/mol. The van der Waals surface area contributed by atoms with Gasteiger partial charge in [-0.25, -0.2) is 4.79 Å². The number of anilines is 1. The molecule has 2 saturated heterocycles. The number of allylic oxidation sites excluding steroid dienone is 3. The zero-order chi connectivity index (χ0) is 20.4. The Labute approximate surface area is 172 Å². The predicted molar refractivity (Wildman–Crippen MR) is 112 cm³/mol. The molecule has 3 aliphatic rings. The van der Waals surface area contributed by atoms with Crippen LogP contribution in [0.5, 0.6) is 0 Å². The Morgan fingerprint density at radius 1 is 1.24 bits per heavy atom. The molecule has 1 unspecified atom stereocenters. The van der Waals surface area contributed by atoms with Gasteiger partial charge in [-0.1, -0.05) is 43.4 Å². The maximum Gasteiger partial charge on any atom is 0.333 e. The van der Waals surface area contributed by atoms with Crippen LogP contribution in [0.25, 0.3) is 0 Å². The topological polar surface area (TPSA) is 61.9 Å². The van der Waals surface area contributed by atoms with E-state index in [4.69, 9.17) is 4.74 Å². The molecule has 0 bridgehead atoms. The molecule has 1 aromatic rings. The fourth-order valence-corrected chi connectivity index (χ4v) is 4.87. The molecule has 154 valence electrons. The van der Waals surface area contributed by atoms with Crippen LogP contribution in [0.15, 0.2) is 54.1 Å². The van der Waals surface area contributed by atoms with Crippen molar-refractivity contribution in [3.63, 3.8) is 0 Å². The van der Waals surface area contributed by atoms with Crippen molar-refractivity contribution in [2.75, 3.05) is 31.8 Å². The number of esters is 1. The van der Waals surface area contributed by atoms with E-state index in [2.05, 4.69) is 23.2 Å². The van der Waals surface area contributed by atoms with E-state index in [9.17, 15) is 9.59 Å². The summed E-state index contributed by atoms with van der Waals surface area (Å²) < 4.78 is 5.16. The zero-order valence-electron chi connectivity index (χ0n) is 17.1. The van der Waals surface area contributed by atoms with Crippen LogP contribution in [0.1, 0.15) is 26.2 Å². The highest BCUT2D eigenvalue weighted by atomic mass is 16.5. The van der Waals surface area contributed by atoms with Gasteiger partial charge in [0.15, 0.2) is 6.04 Å². The molecule has 1 spiro atoms. The molecular formula is C23H29N3O3. The lowest BCUT2D eigenvalue weighted by Gasteiger charge is -2.40. The van der Waals surface area contributed by atoms with Gasteiger partial charge in [0.05, 0.1) is 13.8 Å². The smallest absolute Gasteiger partial charge is 0.333 e. The van der Waals surface area contributed by atoms with Crippen molar-refractivity contribution < 1.29 is 14.3 Å². The Morgan fingerprint density at radius 3 is 2.62 bits per heavy atom. The fourth-order valence-electron chi connectivity index (χ4n) is 4.87. The van der Waals surface area contributed by atoms with E-state index in [0.29, 0.717) is 6.67 Å². The maximum atomic E-state index is 13.9. The molecule has 29 heavy (non-hydrogen) atoms. The van der Waals surface area contributed by atoms with Crippen molar-refractivity contribution in [1.82, 2.24) is 10.2 Å². The molecule has 2 aliphatic heterocycles.